The van der Waals surface area contributed by atoms with Crippen molar-refractivity contribution in [3.8, 4) is 17.5 Å². The minimum atomic E-state index is -0.991. The van der Waals surface area contributed by atoms with E-state index in [1.165, 1.54) is 34.9 Å². The maximum absolute atomic E-state index is 14.2. The van der Waals surface area contributed by atoms with Crippen LogP contribution >= 0.6 is 0 Å². The van der Waals surface area contributed by atoms with Gasteiger partial charge in [-0.2, -0.15) is 5.10 Å². The second-order valence-electron chi connectivity index (χ2n) is 6.32. The van der Waals surface area contributed by atoms with E-state index in [4.69, 9.17) is 4.74 Å². The number of hydrogen-bond donors (Lipinski definition) is 1. The summed E-state index contributed by atoms with van der Waals surface area (Å²) in [6.45, 7) is 9.53. The largest absolute Gasteiger partial charge is 0.495 e. The standard InChI is InChI=1S/C21H23FN4O3/c1-14-20(15(2)29-5)24-26(21(14)23-3)17-7-9-19(22)16(12-17)6-8-18(28)10-11-25(4)13-27/h7,9,12-13,18,28H,2-3,10-11H2,1,4-5H3. The number of rotatable bonds is 8. The van der Waals surface area contributed by atoms with Crippen molar-refractivity contribution < 1.29 is 19.0 Å². The average molecular weight is 398 g/mol. The van der Waals surface area contributed by atoms with Gasteiger partial charge in [0.1, 0.15) is 23.4 Å². The van der Waals surface area contributed by atoms with E-state index in [9.17, 15) is 14.3 Å². The van der Waals surface area contributed by atoms with Crippen LogP contribution in [-0.4, -0.2) is 59.7 Å². The molecule has 1 atom stereocenters. The first-order valence-corrected chi connectivity index (χ1v) is 8.77. The Bertz CT molecular complexity index is 988. The van der Waals surface area contributed by atoms with Crippen LogP contribution in [0.2, 0.25) is 0 Å². The summed E-state index contributed by atoms with van der Waals surface area (Å²) < 4.78 is 20.9. The van der Waals surface area contributed by atoms with Gasteiger partial charge in [0.25, 0.3) is 0 Å². The molecule has 1 N–H and O–H groups in total. The molecule has 152 valence electrons. The molecule has 1 heterocycles. The number of aliphatic hydroxyl groups is 1. The zero-order valence-corrected chi connectivity index (χ0v) is 16.6. The summed E-state index contributed by atoms with van der Waals surface area (Å²) in [5.74, 6) is 5.55. The third-order valence-electron chi connectivity index (χ3n) is 4.25. The molecule has 0 saturated heterocycles. The van der Waals surface area contributed by atoms with E-state index < -0.39 is 11.9 Å². The molecular formula is C21H23FN4O3. The van der Waals surface area contributed by atoms with Crippen LogP contribution in [-0.2, 0) is 9.53 Å². The first-order valence-electron chi connectivity index (χ1n) is 8.77. The first kappa shape index (κ1) is 21.9. The van der Waals surface area contributed by atoms with Crippen LogP contribution in [0.3, 0.4) is 0 Å². The molecule has 0 saturated carbocycles. The summed E-state index contributed by atoms with van der Waals surface area (Å²) in [7, 11) is 3.09. The molecule has 0 aliphatic carbocycles. The van der Waals surface area contributed by atoms with Gasteiger partial charge in [-0.05, 0) is 31.8 Å². The number of halogens is 1. The van der Waals surface area contributed by atoms with E-state index in [0.29, 0.717) is 35.9 Å². The molecule has 1 amide bonds. The number of carbonyl (C=O) groups excluding carboxylic acids is 1. The third-order valence-corrected chi connectivity index (χ3v) is 4.25. The quantitative estimate of drug-likeness (QED) is 0.321. The Kier molecular flexibility index (Phi) is 7.28. The van der Waals surface area contributed by atoms with Crippen LogP contribution in [0.15, 0.2) is 29.8 Å². The van der Waals surface area contributed by atoms with Gasteiger partial charge >= 0.3 is 0 Å². The Morgan fingerprint density at radius 2 is 2.28 bits per heavy atom. The van der Waals surface area contributed by atoms with Gasteiger partial charge in [0.15, 0.2) is 5.82 Å². The Labute approximate surface area is 169 Å². The minimum Gasteiger partial charge on any atom is -0.495 e. The molecule has 1 unspecified atom stereocenters. The average Bonchev–Trinajstić information content (AvgIpc) is 3.06. The van der Waals surface area contributed by atoms with Crippen molar-refractivity contribution in [3.63, 3.8) is 0 Å². The zero-order valence-electron chi connectivity index (χ0n) is 16.6. The lowest BCUT2D eigenvalue weighted by Crippen LogP contribution is -2.21. The molecular weight excluding hydrogens is 375 g/mol. The SMILES string of the molecule is C=Nc1c(C)c(C(=C)OC)nn1-c1ccc(F)c(C#CC(O)CCN(C)C=O)c1. The number of benzene rings is 1. The summed E-state index contributed by atoms with van der Waals surface area (Å²) in [5.41, 5.74) is 1.85. The second-order valence-corrected chi connectivity index (χ2v) is 6.32. The number of ether oxygens (including phenoxy) is 1. The zero-order chi connectivity index (χ0) is 21.6. The van der Waals surface area contributed by atoms with E-state index in [-0.39, 0.29) is 12.0 Å². The van der Waals surface area contributed by atoms with E-state index >= 15 is 0 Å². The molecule has 29 heavy (non-hydrogen) atoms. The summed E-state index contributed by atoms with van der Waals surface area (Å²) in [6.07, 6.45) is -0.0726. The Balaban J connectivity index is 2.37. The van der Waals surface area contributed by atoms with Gasteiger partial charge in [-0.1, -0.05) is 18.4 Å². The van der Waals surface area contributed by atoms with Crippen molar-refractivity contribution in [2.24, 2.45) is 4.99 Å². The van der Waals surface area contributed by atoms with Crippen molar-refractivity contribution in [2.75, 3.05) is 20.7 Å². The monoisotopic (exact) mass is 398 g/mol. The van der Waals surface area contributed by atoms with Crippen LogP contribution in [0.1, 0.15) is 23.2 Å². The van der Waals surface area contributed by atoms with Crippen LogP contribution in [0.25, 0.3) is 11.4 Å². The smallest absolute Gasteiger partial charge is 0.209 e. The van der Waals surface area contributed by atoms with Gasteiger partial charge in [0.2, 0.25) is 6.41 Å². The van der Waals surface area contributed by atoms with Gasteiger partial charge in [-0.15, -0.1) is 0 Å². The molecule has 1 aromatic heterocycles. The van der Waals surface area contributed by atoms with Gasteiger partial charge in [-0.25, -0.2) is 14.1 Å². The van der Waals surface area contributed by atoms with E-state index in [0.717, 1.165) is 5.56 Å². The van der Waals surface area contributed by atoms with Gasteiger partial charge in [0.05, 0.1) is 18.4 Å². The molecule has 0 bridgehead atoms. The van der Waals surface area contributed by atoms with Gasteiger partial charge in [0, 0.05) is 25.6 Å². The number of hydrogen-bond acceptors (Lipinski definition) is 5. The Hall–Kier alpha value is -3.44. The molecule has 0 spiro atoms. The Morgan fingerprint density at radius 1 is 1.55 bits per heavy atom. The summed E-state index contributed by atoms with van der Waals surface area (Å²) in [6, 6.07) is 4.31. The fourth-order valence-electron chi connectivity index (χ4n) is 2.57. The molecule has 7 nitrogen and oxygen atoms in total. The fourth-order valence-corrected chi connectivity index (χ4v) is 2.57. The van der Waals surface area contributed by atoms with Crippen LogP contribution in [0, 0.1) is 24.6 Å². The fraction of sp³-hybridized carbons (Fsp3) is 0.286. The number of aliphatic imine (C=N–C) groups is 1. The molecule has 0 aliphatic heterocycles. The highest BCUT2D eigenvalue weighted by Gasteiger charge is 2.18. The van der Waals surface area contributed by atoms with Crippen molar-refractivity contribution in [3.05, 3.63) is 47.4 Å². The van der Waals surface area contributed by atoms with Crippen LogP contribution in [0.5, 0.6) is 0 Å². The number of aromatic nitrogens is 2. The highest BCUT2D eigenvalue weighted by molar-refractivity contribution is 5.65. The highest BCUT2D eigenvalue weighted by atomic mass is 19.1. The first-order chi connectivity index (χ1) is 13.8. The second kappa shape index (κ2) is 9.66. The van der Waals surface area contributed by atoms with Gasteiger partial charge in [-0.3, -0.25) is 4.79 Å². The van der Waals surface area contributed by atoms with E-state index in [1.54, 1.807) is 7.05 Å². The number of carbonyl (C=O) groups is 1. The van der Waals surface area contributed by atoms with Crippen molar-refractivity contribution in [1.29, 1.82) is 0 Å². The predicted molar refractivity (Wildman–Crippen MR) is 110 cm³/mol. The van der Waals surface area contributed by atoms with E-state index in [2.05, 4.69) is 35.2 Å². The lowest BCUT2D eigenvalue weighted by Gasteiger charge is -2.10. The number of aliphatic hydroxyl groups excluding tert-OH is 1. The van der Waals surface area contributed by atoms with Crippen molar-refractivity contribution in [2.45, 2.75) is 19.4 Å². The summed E-state index contributed by atoms with van der Waals surface area (Å²) >= 11 is 0. The maximum Gasteiger partial charge on any atom is 0.209 e. The summed E-state index contributed by atoms with van der Waals surface area (Å²) in [4.78, 5) is 16.0. The predicted octanol–water partition coefficient (Wildman–Crippen LogP) is 2.46. The number of amides is 1. The maximum atomic E-state index is 14.2. The normalized spacial score (nSPS) is 11.2. The molecule has 8 heteroatoms. The van der Waals surface area contributed by atoms with Crippen LogP contribution < -0.4 is 0 Å². The Morgan fingerprint density at radius 3 is 2.90 bits per heavy atom. The van der Waals surface area contributed by atoms with Crippen LogP contribution in [0.4, 0.5) is 10.2 Å². The van der Waals surface area contributed by atoms with Crippen molar-refractivity contribution in [1.82, 2.24) is 14.7 Å². The minimum absolute atomic E-state index is 0.0978. The van der Waals surface area contributed by atoms with Gasteiger partial charge < -0.3 is 14.7 Å². The molecule has 0 radical (unpaired) electrons. The number of nitrogens with zero attached hydrogens (tertiary/aromatic N) is 4. The molecule has 0 fully saturated rings. The molecule has 2 rings (SSSR count). The number of methoxy groups -OCH3 is 1. The van der Waals surface area contributed by atoms with Crippen molar-refractivity contribution >= 4 is 24.7 Å². The van der Waals surface area contributed by atoms with E-state index in [1.807, 2.05) is 6.92 Å². The molecule has 1 aromatic carbocycles. The lowest BCUT2D eigenvalue weighted by molar-refractivity contribution is -0.117. The third kappa shape index (κ3) is 5.09. The highest BCUT2D eigenvalue weighted by Crippen LogP contribution is 2.29. The summed E-state index contributed by atoms with van der Waals surface area (Å²) in [5, 5.41) is 14.4. The lowest BCUT2D eigenvalue weighted by atomic mass is 10.1. The molecule has 2 aromatic rings. The molecule has 0 aliphatic rings. The topological polar surface area (TPSA) is 80.0 Å².